The van der Waals surface area contributed by atoms with Gasteiger partial charge in [-0.05, 0) is 51.1 Å². The van der Waals surface area contributed by atoms with E-state index in [1.807, 2.05) is 32.0 Å². The van der Waals surface area contributed by atoms with Crippen molar-refractivity contribution < 1.29 is 19.2 Å². The molecule has 2 rings (SSSR count). The number of hydrogen-bond acceptors (Lipinski definition) is 6. The lowest BCUT2D eigenvalue weighted by molar-refractivity contribution is -0.384. The number of benzene rings is 2. The smallest absolute Gasteiger partial charge is 0.271 e. The SMILES string of the molecule is COc1ccc([N+](=O)[O-])cc1NC(=O)[C@H](C)N(C)CC(=O)Nc1cc(C)ccc1C. The van der Waals surface area contributed by atoms with Crippen LogP contribution in [0, 0.1) is 24.0 Å². The van der Waals surface area contributed by atoms with Gasteiger partial charge < -0.3 is 15.4 Å². The maximum Gasteiger partial charge on any atom is 0.271 e. The van der Waals surface area contributed by atoms with Gasteiger partial charge in [0.15, 0.2) is 0 Å². The number of aryl methyl sites for hydroxylation is 2. The van der Waals surface area contributed by atoms with Crippen molar-refractivity contribution in [3.8, 4) is 5.75 Å². The molecule has 2 aromatic rings. The molecule has 2 N–H and O–H groups in total. The molecule has 160 valence electrons. The van der Waals surface area contributed by atoms with E-state index in [4.69, 9.17) is 4.74 Å². The molecule has 9 nitrogen and oxygen atoms in total. The van der Waals surface area contributed by atoms with Crippen molar-refractivity contribution >= 4 is 28.9 Å². The minimum atomic E-state index is -0.668. The molecule has 0 unspecified atom stereocenters. The Balaban J connectivity index is 2.03. The van der Waals surface area contributed by atoms with E-state index in [0.29, 0.717) is 5.75 Å². The standard InChI is InChI=1S/C21H26N4O5/c1-13-6-7-14(2)17(10-13)22-20(26)12-24(4)15(3)21(27)23-18-11-16(25(28)29)8-9-19(18)30-5/h6-11,15H,12H2,1-5H3,(H,22,26)(H,23,27)/t15-/m0/s1. The Bertz CT molecular complexity index is 960. The average Bonchev–Trinajstić information content (AvgIpc) is 2.69. The van der Waals surface area contributed by atoms with Crippen molar-refractivity contribution in [2.75, 3.05) is 31.3 Å². The number of nitro benzene ring substituents is 1. The van der Waals surface area contributed by atoms with Gasteiger partial charge in [0.05, 0.1) is 30.3 Å². The van der Waals surface area contributed by atoms with Gasteiger partial charge in [0.1, 0.15) is 5.75 Å². The van der Waals surface area contributed by atoms with Gasteiger partial charge >= 0.3 is 0 Å². The van der Waals surface area contributed by atoms with Crippen LogP contribution < -0.4 is 15.4 Å². The molecule has 0 aromatic heterocycles. The molecule has 2 amide bonds. The highest BCUT2D eigenvalue weighted by atomic mass is 16.6. The van der Waals surface area contributed by atoms with Crippen LogP contribution in [-0.4, -0.2) is 48.4 Å². The molecule has 0 aliphatic carbocycles. The number of nitrogens with zero attached hydrogens (tertiary/aromatic N) is 2. The number of hydrogen-bond donors (Lipinski definition) is 2. The third kappa shape index (κ3) is 5.77. The summed E-state index contributed by atoms with van der Waals surface area (Å²) in [7, 11) is 3.06. The van der Waals surface area contributed by atoms with Crippen molar-refractivity contribution in [2.45, 2.75) is 26.8 Å². The lowest BCUT2D eigenvalue weighted by Crippen LogP contribution is -2.43. The van der Waals surface area contributed by atoms with Gasteiger partial charge in [-0.15, -0.1) is 0 Å². The molecule has 0 fully saturated rings. The lowest BCUT2D eigenvalue weighted by Gasteiger charge is -2.24. The Morgan fingerprint density at radius 2 is 1.83 bits per heavy atom. The first-order valence-electron chi connectivity index (χ1n) is 9.33. The Morgan fingerprint density at radius 3 is 2.47 bits per heavy atom. The van der Waals surface area contributed by atoms with Crippen LogP contribution in [0.2, 0.25) is 0 Å². The monoisotopic (exact) mass is 414 g/mol. The van der Waals surface area contributed by atoms with Gasteiger partial charge in [0, 0.05) is 17.8 Å². The summed E-state index contributed by atoms with van der Waals surface area (Å²) in [5.74, 6) is -0.369. The largest absolute Gasteiger partial charge is 0.495 e. The summed E-state index contributed by atoms with van der Waals surface area (Å²) in [5.41, 5.74) is 2.73. The molecule has 1 atom stereocenters. The van der Waals surface area contributed by atoms with Crippen molar-refractivity contribution in [3.63, 3.8) is 0 Å². The van der Waals surface area contributed by atoms with Crippen LogP contribution in [0.1, 0.15) is 18.1 Å². The first-order chi connectivity index (χ1) is 14.1. The molecule has 0 radical (unpaired) electrons. The second-order valence-corrected chi connectivity index (χ2v) is 7.09. The number of ether oxygens (including phenoxy) is 1. The number of nitro groups is 1. The zero-order valence-electron chi connectivity index (χ0n) is 17.7. The zero-order valence-corrected chi connectivity index (χ0v) is 17.7. The van der Waals surface area contributed by atoms with E-state index >= 15 is 0 Å². The van der Waals surface area contributed by atoms with Crippen LogP contribution in [-0.2, 0) is 9.59 Å². The number of nitrogens with one attached hydrogen (secondary N) is 2. The van der Waals surface area contributed by atoms with E-state index in [2.05, 4.69) is 10.6 Å². The van der Waals surface area contributed by atoms with E-state index < -0.39 is 16.9 Å². The van der Waals surface area contributed by atoms with Gasteiger partial charge in [-0.3, -0.25) is 24.6 Å². The number of methoxy groups -OCH3 is 1. The number of carbonyl (C=O) groups is 2. The summed E-state index contributed by atoms with van der Waals surface area (Å²) >= 11 is 0. The van der Waals surface area contributed by atoms with E-state index in [0.717, 1.165) is 16.8 Å². The number of anilines is 2. The predicted octanol–water partition coefficient (Wildman–Crippen LogP) is 3.12. The van der Waals surface area contributed by atoms with E-state index in [1.165, 1.54) is 25.3 Å². The molecule has 0 saturated heterocycles. The topological polar surface area (TPSA) is 114 Å². The first-order valence-corrected chi connectivity index (χ1v) is 9.33. The number of carbonyl (C=O) groups excluding carboxylic acids is 2. The maximum atomic E-state index is 12.6. The van der Waals surface area contributed by atoms with E-state index in [-0.39, 0.29) is 23.8 Å². The van der Waals surface area contributed by atoms with Gasteiger partial charge in [0.2, 0.25) is 11.8 Å². The molecule has 2 aromatic carbocycles. The Labute approximate surface area is 175 Å². The fourth-order valence-corrected chi connectivity index (χ4v) is 2.77. The van der Waals surface area contributed by atoms with Crippen molar-refractivity contribution in [1.29, 1.82) is 0 Å². The number of amides is 2. The quantitative estimate of drug-likeness (QED) is 0.507. The van der Waals surface area contributed by atoms with Crippen LogP contribution in [0.4, 0.5) is 17.1 Å². The molecule has 30 heavy (non-hydrogen) atoms. The summed E-state index contributed by atoms with van der Waals surface area (Å²) in [6.07, 6.45) is 0. The van der Waals surface area contributed by atoms with Gasteiger partial charge in [-0.25, -0.2) is 0 Å². The van der Waals surface area contributed by atoms with Crippen LogP contribution in [0.5, 0.6) is 5.75 Å². The van der Waals surface area contributed by atoms with Crippen molar-refractivity contribution in [2.24, 2.45) is 0 Å². The minimum Gasteiger partial charge on any atom is -0.495 e. The van der Waals surface area contributed by atoms with Crippen LogP contribution >= 0.6 is 0 Å². The van der Waals surface area contributed by atoms with Crippen LogP contribution in [0.15, 0.2) is 36.4 Å². The molecule has 0 spiro atoms. The van der Waals surface area contributed by atoms with Crippen molar-refractivity contribution in [1.82, 2.24) is 4.90 Å². The van der Waals surface area contributed by atoms with E-state index in [9.17, 15) is 19.7 Å². The number of non-ortho nitro benzene ring substituents is 1. The highest BCUT2D eigenvalue weighted by Crippen LogP contribution is 2.29. The molecule has 0 aliphatic heterocycles. The fourth-order valence-electron chi connectivity index (χ4n) is 2.77. The van der Waals surface area contributed by atoms with Gasteiger partial charge in [0.25, 0.3) is 5.69 Å². The van der Waals surface area contributed by atoms with Crippen molar-refractivity contribution in [3.05, 3.63) is 57.6 Å². The summed E-state index contributed by atoms with van der Waals surface area (Å²) in [6, 6.07) is 9.05. The third-order valence-corrected chi connectivity index (χ3v) is 4.75. The second-order valence-electron chi connectivity index (χ2n) is 7.09. The highest BCUT2D eigenvalue weighted by molar-refractivity contribution is 5.97. The summed E-state index contributed by atoms with van der Waals surface area (Å²) in [6.45, 7) is 5.48. The van der Waals surface area contributed by atoms with Gasteiger partial charge in [-0.1, -0.05) is 12.1 Å². The average molecular weight is 414 g/mol. The fraction of sp³-hybridized carbons (Fsp3) is 0.333. The molecule has 0 heterocycles. The van der Waals surface area contributed by atoms with Crippen LogP contribution in [0.25, 0.3) is 0 Å². The number of rotatable bonds is 8. The Hall–Kier alpha value is -3.46. The first kappa shape index (κ1) is 22.8. The molecular weight excluding hydrogens is 388 g/mol. The Morgan fingerprint density at radius 1 is 1.13 bits per heavy atom. The minimum absolute atomic E-state index is 0.00591. The third-order valence-electron chi connectivity index (χ3n) is 4.75. The maximum absolute atomic E-state index is 12.6. The highest BCUT2D eigenvalue weighted by Gasteiger charge is 2.22. The summed E-state index contributed by atoms with van der Waals surface area (Å²) in [4.78, 5) is 37.1. The number of likely N-dealkylation sites (N-methyl/N-ethyl adjacent to an activating group) is 1. The van der Waals surface area contributed by atoms with Gasteiger partial charge in [-0.2, -0.15) is 0 Å². The summed E-state index contributed by atoms with van der Waals surface area (Å²) < 4.78 is 5.16. The molecular formula is C21H26N4O5. The zero-order chi connectivity index (χ0) is 22.4. The second kappa shape index (κ2) is 9.84. The molecule has 0 bridgehead atoms. The molecule has 0 aliphatic rings. The Kier molecular flexibility index (Phi) is 7.48. The normalized spacial score (nSPS) is 11.7. The predicted molar refractivity (Wildman–Crippen MR) is 115 cm³/mol. The lowest BCUT2D eigenvalue weighted by atomic mass is 10.1. The molecule has 0 saturated carbocycles. The van der Waals surface area contributed by atoms with E-state index in [1.54, 1.807) is 18.9 Å². The summed E-state index contributed by atoms with van der Waals surface area (Å²) in [5, 5.41) is 16.5. The van der Waals surface area contributed by atoms with Crippen LogP contribution in [0.3, 0.4) is 0 Å². The molecule has 9 heteroatoms.